The van der Waals surface area contributed by atoms with E-state index in [-0.39, 0.29) is 17.1 Å². The molecule has 88 valence electrons. The summed E-state index contributed by atoms with van der Waals surface area (Å²) in [4.78, 5) is 25.0. The Morgan fingerprint density at radius 3 is 2.88 bits per heavy atom. The number of rotatable bonds is 5. The summed E-state index contributed by atoms with van der Waals surface area (Å²) in [6.45, 7) is 0. The molecule has 2 N–H and O–H groups in total. The van der Waals surface area contributed by atoms with Gasteiger partial charge in [-0.05, 0) is 0 Å². The fourth-order valence-electron chi connectivity index (χ4n) is 1.05. The van der Waals surface area contributed by atoms with Gasteiger partial charge in [-0.25, -0.2) is 4.98 Å². The van der Waals surface area contributed by atoms with Crippen LogP contribution in [0.5, 0.6) is 0 Å². The fraction of sp³-hybridized carbons (Fsp3) is 0.444. The first-order valence-corrected chi connectivity index (χ1v) is 5.30. The van der Waals surface area contributed by atoms with Crippen molar-refractivity contribution in [3.05, 3.63) is 16.1 Å². The third-order valence-electron chi connectivity index (χ3n) is 1.91. The number of hydrogen-bond donors (Lipinski definition) is 2. The molecule has 0 radical (unpaired) electrons. The average molecular weight is 245 g/mol. The number of ether oxygens (including phenoxy) is 1. The SMILES string of the molecule is COC(=O)CC(O)C(O)c1csc(C=O)n1. The number of hydrogen-bond acceptors (Lipinski definition) is 7. The Labute approximate surface area is 95.5 Å². The number of aromatic nitrogens is 1. The second kappa shape index (κ2) is 5.69. The topological polar surface area (TPSA) is 96.7 Å². The minimum Gasteiger partial charge on any atom is -0.469 e. The van der Waals surface area contributed by atoms with Crippen LogP contribution in [0.2, 0.25) is 0 Å². The average Bonchev–Trinajstić information content (AvgIpc) is 2.76. The smallest absolute Gasteiger partial charge is 0.308 e. The van der Waals surface area contributed by atoms with Crippen molar-refractivity contribution in [2.75, 3.05) is 7.11 Å². The van der Waals surface area contributed by atoms with Gasteiger partial charge in [-0.15, -0.1) is 11.3 Å². The van der Waals surface area contributed by atoms with Gasteiger partial charge in [0.25, 0.3) is 0 Å². The second-order valence-electron chi connectivity index (χ2n) is 3.02. The maximum absolute atomic E-state index is 10.9. The number of carbonyl (C=O) groups is 2. The number of aliphatic hydroxyl groups excluding tert-OH is 2. The molecule has 0 saturated heterocycles. The van der Waals surface area contributed by atoms with Gasteiger partial charge in [0.05, 0.1) is 25.3 Å². The molecule has 0 aliphatic heterocycles. The summed E-state index contributed by atoms with van der Waals surface area (Å²) in [6.07, 6.45) is -2.38. The van der Waals surface area contributed by atoms with Gasteiger partial charge in [-0.1, -0.05) is 0 Å². The highest BCUT2D eigenvalue weighted by Gasteiger charge is 2.23. The molecule has 1 aromatic heterocycles. The van der Waals surface area contributed by atoms with Crippen LogP contribution >= 0.6 is 11.3 Å². The molecular formula is C9H11NO5S. The monoisotopic (exact) mass is 245 g/mol. The van der Waals surface area contributed by atoms with Gasteiger partial charge in [0.15, 0.2) is 11.3 Å². The summed E-state index contributed by atoms with van der Waals surface area (Å²) in [7, 11) is 1.19. The van der Waals surface area contributed by atoms with Crippen LogP contribution < -0.4 is 0 Å². The van der Waals surface area contributed by atoms with E-state index in [1.807, 2.05) is 0 Å². The summed E-state index contributed by atoms with van der Waals surface area (Å²) >= 11 is 1.05. The van der Waals surface area contributed by atoms with Crippen molar-refractivity contribution in [1.29, 1.82) is 0 Å². The van der Waals surface area contributed by atoms with Gasteiger partial charge >= 0.3 is 5.97 Å². The van der Waals surface area contributed by atoms with Crippen LogP contribution in [0.15, 0.2) is 5.38 Å². The molecule has 0 bridgehead atoms. The van der Waals surface area contributed by atoms with Crippen LogP contribution in [-0.2, 0) is 9.53 Å². The van der Waals surface area contributed by atoms with E-state index in [1.54, 1.807) is 0 Å². The molecule has 0 spiro atoms. The van der Waals surface area contributed by atoms with Crippen LogP contribution in [0.3, 0.4) is 0 Å². The Kier molecular flexibility index (Phi) is 4.53. The highest BCUT2D eigenvalue weighted by molar-refractivity contribution is 7.11. The first-order valence-electron chi connectivity index (χ1n) is 4.42. The van der Waals surface area contributed by atoms with E-state index in [4.69, 9.17) is 0 Å². The Morgan fingerprint density at radius 2 is 2.38 bits per heavy atom. The zero-order valence-electron chi connectivity index (χ0n) is 8.49. The normalized spacial score (nSPS) is 14.2. The number of thiazole rings is 1. The zero-order valence-corrected chi connectivity index (χ0v) is 9.31. The molecule has 2 unspecified atom stereocenters. The standard InChI is InChI=1S/C9H11NO5S/c1-15-8(13)2-6(12)9(14)5-4-16-7(3-11)10-5/h3-4,6,9,12,14H,2H2,1H3. The van der Waals surface area contributed by atoms with E-state index in [0.29, 0.717) is 6.29 Å². The molecule has 0 amide bonds. The quantitative estimate of drug-likeness (QED) is 0.556. The Balaban J connectivity index is 2.65. The van der Waals surface area contributed by atoms with Gasteiger partial charge in [0.1, 0.15) is 6.10 Å². The van der Waals surface area contributed by atoms with Gasteiger partial charge < -0.3 is 14.9 Å². The van der Waals surface area contributed by atoms with Crippen molar-refractivity contribution in [3.8, 4) is 0 Å². The molecule has 1 heterocycles. The summed E-state index contributed by atoms with van der Waals surface area (Å²) in [6, 6.07) is 0. The second-order valence-corrected chi connectivity index (χ2v) is 3.91. The zero-order chi connectivity index (χ0) is 12.1. The van der Waals surface area contributed by atoms with E-state index in [0.717, 1.165) is 11.3 Å². The van der Waals surface area contributed by atoms with Crippen molar-refractivity contribution in [3.63, 3.8) is 0 Å². The summed E-state index contributed by atoms with van der Waals surface area (Å²) in [5.74, 6) is -0.627. The Hall–Kier alpha value is -1.31. The van der Waals surface area contributed by atoms with Crippen LogP contribution in [0.1, 0.15) is 28.0 Å². The molecule has 0 aliphatic rings. The maximum Gasteiger partial charge on any atom is 0.308 e. The third-order valence-corrected chi connectivity index (χ3v) is 2.70. The van der Waals surface area contributed by atoms with E-state index < -0.39 is 18.2 Å². The lowest BCUT2D eigenvalue weighted by Gasteiger charge is -2.14. The Bertz CT molecular complexity index is 378. The first kappa shape index (κ1) is 12.8. The van der Waals surface area contributed by atoms with Crippen LogP contribution in [0.25, 0.3) is 0 Å². The molecule has 0 saturated carbocycles. The van der Waals surface area contributed by atoms with Crippen molar-refractivity contribution < 1.29 is 24.5 Å². The number of methoxy groups -OCH3 is 1. The first-order chi connectivity index (χ1) is 7.58. The molecular weight excluding hydrogens is 234 g/mol. The molecule has 16 heavy (non-hydrogen) atoms. The number of carbonyl (C=O) groups excluding carboxylic acids is 2. The van der Waals surface area contributed by atoms with E-state index >= 15 is 0 Å². The molecule has 0 aliphatic carbocycles. The summed E-state index contributed by atoms with van der Waals surface area (Å²) in [5, 5.41) is 20.8. The largest absolute Gasteiger partial charge is 0.469 e. The maximum atomic E-state index is 10.9. The van der Waals surface area contributed by atoms with Gasteiger partial charge in [0.2, 0.25) is 0 Å². The lowest BCUT2D eigenvalue weighted by molar-refractivity contribution is -0.144. The number of nitrogens with zero attached hydrogens (tertiary/aromatic N) is 1. The van der Waals surface area contributed by atoms with Crippen molar-refractivity contribution in [1.82, 2.24) is 4.98 Å². The number of aldehydes is 1. The van der Waals surface area contributed by atoms with Crippen LogP contribution in [0.4, 0.5) is 0 Å². The molecule has 7 heteroatoms. The lowest BCUT2D eigenvalue weighted by Crippen LogP contribution is -2.22. The minimum absolute atomic E-state index is 0.170. The molecule has 2 atom stereocenters. The summed E-state index contributed by atoms with van der Waals surface area (Å²) in [5.41, 5.74) is 0.170. The van der Waals surface area contributed by atoms with Crippen LogP contribution in [-0.4, -0.2) is 40.7 Å². The Morgan fingerprint density at radius 1 is 1.69 bits per heavy atom. The fourth-order valence-corrected chi connectivity index (χ4v) is 1.70. The highest BCUT2D eigenvalue weighted by Crippen LogP contribution is 2.20. The van der Waals surface area contributed by atoms with Crippen LogP contribution in [0, 0.1) is 0 Å². The predicted octanol–water partition coefficient (Wildman–Crippen LogP) is -0.0870. The van der Waals surface area contributed by atoms with Gasteiger partial charge in [-0.2, -0.15) is 0 Å². The van der Waals surface area contributed by atoms with Gasteiger partial charge in [-0.3, -0.25) is 9.59 Å². The molecule has 0 aromatic carbocycles. The van der Waals surface area contributed by atoms with Crippen molar-refractivity contribution >= 4 is 23.6 Å². The predicted molar refractivity (Wildman–Crippen MR) is 55.1 cm³/mol. The van der Waals surface area contributed by atoms with Gasteiger partial charge in [0, 0.05) is 5.38 Å². The highest BCUT2D eigenvalue weighted by atomic mass is 32.1. The van der Waals surface area contributed by atoms with Crippen molar-refractivity contribution in [2.45, 2.75) is 18.6 Å². The summed E-state index contributed by atoms with van der Waals surface area (Å²) < 4.78 is 4.35. The van der Waals surface area contributed by atoms with Crippen molar-refractivity contribution in [2.24, 2.45) is 0 Å². The molecule has 1 rings (SSSR count). The number of aliphatic hydroxyl groups is 2. The molecule has 6 nitrogen and oxygen atoms in total. The van der Waals surface area contributed by atoms with E-state index in [2.05, 4.69) is 9.72 Å². The number of esters is 1. The molecule has 0 fully saturated rings. The molecule has 1 aromatic rings. The van der Waals surface area contributed by atoms with E-state index in [1.165, 1.54) is 12.5 Å². The lowest BCUT2D eigenvalue weighted by atomic mass is 10.1. The third kappa shape index (κ3) is 3.09. The minimum atomic E-state index is -1.30. The van der Waals surface area contributed by atoms with E-state index in [9.17, 15) is 19.8 Å².